The summed E-state index contributed by atoms with van der Waals surface area (Å²) in [6.45, 7) is 2.35. The van der Waals surface area contributed by atoms with E-state index in [1.165, 1.54) is 6.07 Å². The lowest BCUT2D eigenvalue weighted by atomic mass is 10.0. The number of sulfonamides is 1. The highest BCUT2D eigenvalue weighted by atomic mass is 79.9. The van der Waals surface area contributed by atoms with E-state index in [9.17, 15) is 13.2 Å². The molecule has 4 rings (SSSR count). The van der Waals surface area contributed by atoms with Crippen molar-refractivity contribution in [1.82, 2.24) is 14.1 Å². The number of nitrogens with zero attached hydrogens (tertiary/aromatic N) is 2. The van der Waals surface area contributed by atoms with Gasteiger partial charge in [-0.3, -0.25) is 9.52 Å². The zero-order chi connectivity index (χ0) is 23.6. The van der Waals surface area contributed by atoms with Crippen molar-refractivity contribution in [3.8, 4) is 0 Å². The number of hydrogen-bond donors (Lipinski definition) is 2. The number of nitrogens with one attached hydrogen (secondary N) is 2. The zero-order valence-corrected chi connectivity index (χ0v) is 21.2. The molecule has 0 radical (unpaired) electrons. The average molecular weight is 566 g/mol. The highest BCUT2D eigenvalue weighted by Crippen LogP contribution is 2.27. The van der Waals surface area contributed by atoms with Gasteiger partial charge in [-0.05, 0) is 53.9 Å². The summed E-state index contributed by atoms with van der Waals surface area (Å²) in [5.74, 6) is -0.355. The summed E-state index contributed by atoms with van der Waals surface area (Å²) < 4.78 is 37.6. The number of halogens is 2. The molecular formula is C22H18BrClN4O3S2. The summed E-state index contributed by atoms with van der Waals surface area (Å²) in [5, 5.41) is 3.52. The summed E-state index contributed by atoms with van der Waals surface area (Å²) in [5.41, 5.74) is 2.16. The van der Waals surface area contributed by atoms with Crippen molar-refractivity contribution in [2.24, 2.45) is 0 Å². The molecule has 0 bridgehead atoms. The van der Waals surface area contributed by atoms with Gasteiger partial charge in [0.05, 0.1) is 23.0 Å². The maximum Gasteiger partial charge on any atom is 0.264 e. The number of rotatable bonds is 7. The molecule has 170 valence electrons. The number of carbonyl (C=O) groups excluding carboxylic acids is 1. The molecule has 0 saturated heterocycles. The maximum absolute atomic E-state index is 13.1. The molecule has 0 aliphatic carbocycles. The summed E-state index contributed by atoms with van der Waals surface area (Å²) >= 11 is 10.2. The van der Waals surface area contributed by atoms with Crippen LogP contribution < -0.4 is 10.0 Å². The second kappa shape index (κ2) is 9.76. The highest BCUT2D eigenvalue weighted by molar-refractivity contribution is 9.10. The SMILES string of the molecule is CC(CNC(=O)c1ccc(Br)cc1NS(=O)(=O)c1cccc2nsnc12)c1ccc(Cl)cc1. The van der Waals surface area contributed by atoms with Crippen LogP contribution in [0.1, 0.15) is 28.8 Å². The molecule has 1 amide bonds. The van der Waals surface area contributed by atoms with Gasteiger partial charge in [-0.15, -0.1) is 0 Å². The standard InChI is InChI=1S/C22H18BrClN4O3S2/c1-13(14-5-8-16(24)9-6-14)12-25-22(29)17-10-7-15(23)11-19(17)28-33(30,31)20-4-2-3-18-21(20)27-32-26-18/h2-11,13,28H,12H2,1H3,(H,25,29). The third-order valence-corrected chi connectivity index (χ3v) is 7.70. The first kappa shape index (κ1) is 23.6. The lowest BCUT2D eigenvalue weighted by molar-refractivity contribution is 0.0952. The van der Waals surface area contributed by atoms with E-state index in [0.29, 0.717) is 21.6 Å². The van der Waals surface area contributed by atoms with E-state index in [2.05, 4.69) is 34.7 Å². The number of fused-ring (bicyclic) bond motifs is 1. The molecule has 1 aromatic heterocycles. The Kier molecular flexibility index (Phi) is 6.99. The van der Waals surface area contributed by atoms with Crippen LogP contribution in [0.4, 0.5) is 5.69 Å². The first-order chi connectivity index (χ1) is 15.7. The van der Waals surface area contributed by atoms with Gasteiger partial charge in [0.2, 0.25) is 0 Å². The van der Waals surface area contributed by atoms with Crippen LogP contribution in [0.25, 0.3) is 11.0 Å². The van der Waals surface area contributed by atoms with E-state index in [1.807, 2.05) is 19.1 Å². The Morgan fingerprint density at radius 1 is 1.12 bits per heavy atom. The fourth-order valence-electron chi connectivity index (χ4n) is 3.25. The minimum Gasteiger partial charge on any atom is -0.351 e. The Labute approximate surface area is 208 Å². The predicted octanol–water partition coefficient (Wildman–Crippen LogP) is 5.44. The van der Waals surface area contributed by atoms with E-state index in [-0.39, 0.29) is 27.6 Å². The van der Waals surface area contributed by atoms with Crippen LogP contribution in [0.2, 0.25) is 5.02 Å². The molecule has 1 unspecified atom stereocenters. The van der Waals surface area contributed by atoms with Crippen LogP contribution >= 0.6 is 39.3 Å². The number of benzene rings is 3. The van der Waals surface area contributed by atoms with Crippen molar-refractivity contribution in [2.45, 2.75) is 17.7 Å². The minimum absolute atomic E-state index is 0.00329. The van der Waals surface area contributed by atoms with Gasteiger partial charge in [-0.2, -0.15) is 8.75 Å². The maximum atomic E-state index is 13.1. The number of amides is 1. The van der Waals surface area contributed by atoms with Crippen molar-refractivity contribution in [3.05, 3.63) is 81.3 Å². The Morgan fingerprint density at radius 3 is 2.64 bits per heavy atom. The second-order valence-electron chi connectivity index (χ2n) is 7.35. The van der Waals surface area contributed by atoms with Crippen LogP contribution in [-0.4, -0.2) is 29.6 Å². The molecule has 2 N–H and O–H groups in total. The van der Waals surface area contributed by atoms with Crippen LogP contribution in [0, 0.1) is 0 Å². The number of anilines is 1. The summed E-state index contributed by atoms with van der Waals surface area (Å²) in [7, 11) is -4.02. The molecule has 0 spiro atoms. The molecule has 1 atom stereocenters. The largest absolute Gasteiger partial charge is 0.351 e. The van der Waals surface area contributed by atoms with Crippen molar-refractivity contribution in [3.63, 3.8) is 0 Å². The van der Waals surface area contributed by atoms with Crippen LogP contribution in [-0.2, 0) is 10.0 Å². The van der Waals surface area contributed by atoms with Crippen molar-refractivity contribution in [2.75, 3.05) is 11.3 Å². The highest BCUT2D eigenvalue weighted by Gasteiger charge is 2.23. The van der Waals surface area contributed by atoms with Gasteiger partial charge in [0.1, 0.15) is 15.9 Å². The first-order valence-electron chi connectivity index (χ1n) is 9.82. The van der Waals surface area contributed by atoms with Crippen molar-refractivity contribution in [1.29, 1.82) is 0 Å². The van der Waals surface area contributed by atoms with Gasteiger partial charge < -0.3 is 5.32 Å². The van der Waals surface area contributed by atoms with Gasteiger partial charge in [0, 0.05) is 16.0 Å². The average Bonchev–Trinajstić information content (AvgIpc) is 3.26. The predicted molar refractivity (Wildman–Crippen MR) is 135 cm³/mol. The molecule has 0 aliphatic rings. The van der Waals surface area contributed by atoms with Crippen molar-refractivity contribution < 1.29 is 13.2 Å². The van der Waals surface area contributed by atoms with Gasteiger partial charge in [0.25, 0.3) is 15.9 Å². The molecule has 0 fully saturated rings. The van der Waals surface area contributed by atoms with Gasteiger partial charge in [-0.1, -0.05) is 52.7 Å². The monoisotopic (exact) mass is 564 g/mol. The van der Waals surface area contributed by atoms with Gasteiger partial charge in [-0.25, -0.2) is 8.42 Å². The first-order valence-corrected chi connectivity index (χ1v) is 13.2. The third kappa shape index (κ3) is 5.35. The Hall–Kier alpha value is -2.53. The van der Waals surface area contributed by atoms with Gasteiger partial charge >= 0.3 is 0 Å². The Balaban J connectivity index is 1.56. The molecule has 11 heteroatoms. The summed E-state index contributed by atoms with van der Waals surface area (Å²) in [6.07, 6.45) is 0. The molecule has 1 heterocycles. The number of aromatic nitrogens is 2. The molecule has 3 aromatic carbocycles. The smallest absolute Gasteiger partial charge is 0.264 e. The normalized spacial score (nSPS) is 12.5. The van der Waals surface area contributed by atoms with E-state index >= 15 is 0 Å². The fraction of sp³-hybridized carbons (Fsp3) is 0.136. The molecule has 0 aliphatic heterocycles. The van der Waals surface area contributed by atoms with Crippen LogP contribution in [0.5, 0.6) is 0 Å². The Morgan fingerprint density at radius 2 is 1.88 bits per heavy atom. The molecule has 0 saturated carbocycles. The summed E-state index contributed by atoms with van der Waals surface area (Å²) in [4.78, 5) is 13.0. The topological polar surface area (TPSA) is 101 Å². The fourth-order valence-corrected chi connectivity index (χ4v) is 5.57. The number of carbonyl (C=O) groups is 1. The van der Waals surface area contributed by atoms with E-state index < -0.39 is 15.9 Å². The molecule has 4 aromatic rings. The van der Waals surface area contributed by atoms with E-state index in [1.54, 1.807) is 42.5 Å². The van der Waals surface area contributed by atoms with Crippen LogP contribution in [0.15, 0.2) is 70.0 Å². The number of hydrogen-bond acceptors (Lipinski definition) is 6. The Bertz CT molecular complexity index is 1430. The zero-order valence-electron chi connectivity index (χ0n) is 17.2. The third-order valence-electron chi connectivity index (χ3n) is 5.02. The summed E-state index contributed by atoms with van der Waals surface area (Å²) in [6, 6.07) is 17.0. The van der Waals surface area contributed by atoms with E-state index in [4.69, 9.17) is 11.6 Å². The van der Waals surface area contributed by atoms with Gasteiger partial charge in [0.15, 0.2) is 0 Å². The molecule has 33 heavy (non-hydrogen) atoms. The molecular weight excluding hydrogens is 548 g/mol. The lowest BCUT2D eigenvalue weighted by Gasteiger charge is -2.16. The molecule has 7 nitrogen and oxygen atoms in total. The quantitative estimate of drug-likeness (QED) is 0.311. The minimum atomic E-state index is -4.02. The van der Waals surface area contributed by atoms with Crippen LogP contribution in [0.3, 0.4) is 0 Å². The second-order valence-corrected chi connectivity index (χ2v) is 10.9. The van der Waals surface area contributed by atoms with Crippen molar-refractivity contribution >= 4 is 71.9 Å². The lowest BCUT2D eigenvalue weighted by Crippen LogP contribution is -2.28. The van der Waals surface area contributed by atoms with E-state index in [0.717, 1.165) is 17.3 Å².